The topological polar surface area (TPSA) is 84.4 Å². The fraction of sp³-hybridized carbons (Fsp3) is 0.667. The number of hydrogen-bond acceptors (Lipinski definition) is 5. The van der Waals surface area contributed by atoms with Crippen LogP contribution in [-0.2, 0) is 6.54 Å². The summed E-state index contributed by atoms with van der Waals surface area (Å²) < 4.78 is 5.16. The van der Waals surface area contributed by atoms with Gasteiger partial charge in [-0.15, -0.1) is 0 Å². The van der Waals surface area contributed by atoms with Gasteiger partial charge >= 0.3 is 0 Å². The van der Waals surface area contributed by atoms with Gasteiger partial charge in [-0.1, -0.05) is 12.1 Å². The summed E-state index contributed by atoms with van der Waals surface area (Å²) in [7, 11) is 0. The van der Waals surface area contributed by atoms with Crippen LogP contribution in [0.25, 0.3) is 0 Å². The molecule has 1 aliphatic rings. The van der Waals surface area contributed by atoms with Crippen LogP contribution in [0.5, 0.6) is 0 Å². The van der Waals surface area contributed by atoms with E-state index in [9.17, 15) is 4.79 Å². The van der Waals surface area contributed by atoms with E-state index in [2.05, 4.69) is 17.0 Å². The second-order valence-electron chi connectivity index (χ2n) is 4.83. The molecule has 0 aromatic carbocycles. The van der Waals surface area contributed by atoms with Crippen molar-refractivity contribution >= 4 is 5.91 Å². The number of nitrogen functional groups attached to an aromatic ring is 1. The summed E-state index contributed by atoms with van der Waals surface area (Å²) in [5, 5.41) is 3.70. The van der Waals surface area contributed by atoms with Crippen molar-refractivity contribution < 1.29 is 9.32 Å². The predicted molar refractivity (Wildman–Crippen MR) is 66.4 cm³/mol. The number of hydrogen-bond donors (Lipinski definition) is 2. The number of rotatable bonds is 7. The highest BCUT2D eigenvalue weighted by Crippen LogP contribution is 2.30. The van der Waals surface area contributed by atoms with Crippen molar-refractivity contribution in [3.05, 3.63) is 17.5 Å². The first-order chi connectivity index (χ1) is 8.72. The molecule has 0 bridgehead atoms. The third-order valence-corrected chi connectivity index (χ3v) is 3.06. The molecule has 1 aromatic heterocycles. The second-order valence-corrected chi connectivity index (χ2v) is 4.83. The Morgan fingerprint density at radius 3 is 3.06 bits per heavy atom. The molecule has 0 radical (unpaired) electrons. The number of hydrazine groups is 1. The SMILES string of the molecule is CCCN(Cc1cc(C(=O)NN)no1)CC1CC1. The zero-order valence-corrected chi connectivity index (χ0v) is 10.7. The Hall–Kier alpha value is -1.40. The average Bonchev–Trinajstić information content (AvgIpc) is 3.05. The summed E-state index contributed by atoms with van der Waals surface area (Å²) in [5.41, 5.74) is 2.27. The molecular weight excluding hydrogens is 232 g/mol. The Labute approximate surface area is 106 Å². The number of nitrogens with zero attached hydrogens (tertiary/aromatic N) is 2. The van der Waals surface area contributed by atoms with Gasteiger partial charge in [-0.3, -0.25) is 15.1 Å². The maximum Gasteiger partial charge on any atom is 0.287 e. The van der Waals surface area contributed by atoms with E-state index < -0.39 is 5.91 Å². The van der Waals surface area contributed by atoms with Gasteiger partial charge in [0.2, 0.25) is 0 Å². The molecule has 0 spiro atoms. The maximum atomic E-state index is 11.3. The molecule has 1 amide bonds. The summed E-state index contributed by atoms with van der Waals surface area (Å²) in [6.45, 7) is 5.01. The minimum atomic E-state index is -0.422. The summed E-state index contributed by atoms with van der Waals surface area (Å²) in [6, 6.07) is 1.65. The molecule has 1 aliphatic carbocycles. The Kier molecular flexibility index (Phi) is 4.33. The second kappa shape index (κ2) is 5.97. The first-order valence-electron chi connectivity index (χ1n) is 6.41. The van der Waals surface area contributed by atoms with E-state index in [4.69, 9.17) is 10.4 Å². The van der Waals surface area contributed by atoms with Crippen molar-refractivity contribution in [2.75, 3.05) is 13.1 Å². The average molecular weight is 252 g/mol. The summed E-state index contributed by atoms with van der Waals surface area (Å²) >= 11 is 0. The van der Waals surface area contributed by atoms with Crippen LogP contribution in [0.2, 0.25) is 0 Å². The van der Waals surface area contributed by atoms with Crippen LogP contribution in [0.3, 0.4) is 0 Å². The molecule has 6 nitrogen and oxygen atoms in total. The van der Waals surface area contributed by atoms with Crippen molar-refractivity contribution in [2.24, 2.45) is 11.8 Å². The van der Waals surface area contributed by atoms with Crippen molar-refractivity contribution in [2.45, 2.75) is 32.7 Å². The van der Waals surface area contributed by atoms with Gasteiger partial charge in [0, 0.05) is 12.6 Å². The lowest BCUT2D eigenvalue weighted by Crippen LogP contribution is -2.30. The molecule has 18 heavy (non-hydrogen) atoms. The molecule has 1 saturated carbocycles. The van der Waals surface area contributed by atoms with Crippen molar-refractivity contribution in [1.82, 2.24) is 15.5 Å². The molecule has 6 heteroatoms. The Morgan fingerprint density at radius 1 is 1.67 bits per heavy atom. The van der Waals surface area contributed by atoms with Gasteiger partial charge in [-0.25, -0.2) is 5.84 Å². The van der Waals surface area contributed by atoms with E-state index >= 15 is 0 Å². The monoisotopic (exact) mass is 252 g/mol. The van der Waals surface area contributed by atoms with E-state index in [-0.39, 0.29) is 5.69 Å². The first kappa shape index (κ1) is 13.0. The summed E-state index contributed by atoms with van der Waals surface area (Å²) in [4.78, 5) is 13.6. The van der Waals surface area contributed by atoms with Crippen LogP contribution in [0.1, 0.15) is 42.4 Å². The Morgan fingerprint density at radius 2 is 2.44 bits per heavy atom. The van der Waals surface area contributed by atoms with Gasteiger partial charge in [-0.2, -0.15) is 0 Å². The minimum absolute atomic E-state index is 0.232. The zero-order valence-electron chi connectivity index (χ0n) is 10.7. The molecular formula is C12H20N4O2. The van der Waals surface area contributed by atoms with Crippen LogP contribution in [0.4, 0.5) is 0 Å². The highest BCUT2D eigenvalue weighted by Gasteiger charge is 2.24. The molecule has 2 rings (SSSR count). The maximum absolute atomic E-state index is 11.3. The lowest BCUT2D eigenvalue weighted by atomic mass is 10.3. The predicted octanol–water partition coefficient (Wildman–Crippen LogP) is 0.900. The van der Waals surface area contributed by atoms with Crippen molar-refractivity contribution in [1.29, 1.82) is 0 Å². The molecule has 1 aromatic rings. The Balaban J connectivity index is 1.92. The van der Waals surface area contributed by atoms with Crippen LogP contribution < -0.4 is 11.3 Å². The van der Waals surface area contributed by atoms with Crippen molar-refractivity contribution in [3.63, 3.8) is 0 Å². The Bertz CT molecular complexity index is 401. The molecule has 0 aliphatic heterocycles. The van der Waals surface area contributed by atoms with E-state index in [0.29, 0.717) is 12.3 Å². The lowest BCUT2D eigenvalue weighted by molar-refractivity contribution is 0.0944. The van der Waals surface area contributed by atoms with Crippen LogP contribution in [-0.4, -0.2) is 29.1 Å². The summed E-state index contributed by atoms with van der Waals surface area (Å²) in [5.74, 6) is 6.17. The van der Waals surface area contributed by atoms with Crippen LogP contribution in [0.15, 0.2) is 10.6 Å². The fourth-order valence-corrected chi connectivity index (χ4v) is 2.01. The van der Waals surface area contributed by atoms with Gasteiger partial charge < -0.3 is 4.52 Å². The first-order valence-corrected chi connectivity index (χ1v) is 6.41. The van der Waals surface area contributed by atoms with Gasteiger partial charge in [0.15, 0.2) is 11.5 Å². The number of aromatic nitrogens is 1. The van der Waals surface area contributed by atoms with E-state index in [1.807, 2.05) is 5.43 Å². The standard InChI is InChI=1S/C12H20N4O2/c1-2-5-16(7-9-3-4-9)8-10-6-11(15-18-10)12(17)14-13/h6,9H,2-5,7-8,13H2,1H3,(H,14,17). The molecule has 1 fully saturated rings. The van der Waals surface area contributed by atoms with E-state index in [0.717, 1.165) is 25.4 Å². The third kappa shape index (κ3) is 3.54. The number of carbonyl (C=O) groups excluding carboxylic acids is 1. The lowest BCUT2D eigenvalue weighted by Gasteiger charge is -2.19. The van der Waals surface area contributed by atoms with E-state index in [1.165, 1.54) is 12.8 Å². The molecule has 0 atom stereocenters. The van der Waals surface area contributed by atoms with Crippen LogP contribution in [0, 0.1) is 5.92 Å². The van der Waals surface area contributed by atoms with Gasteiger partial charge in [0.25, 0.3) is 5.91 Å². The van der Waals surface area contributed by atoms with Gasteiger partial charge in [0.1, 0.15) is 0 Å². The van der Waals surface area contributed by atoms with Crippen molar-refractivity contribution in [3.8, 4) is 0 Å². The number of nitrogens with two attached hydrogens (primary N) is 1. The summed E-state index contributed by atoms with van der Waals surface area (Å²) in [6.07, 6.45) is 3.77. The quantitative estimate of drug-likeness (QED) is 0.428. The number of carbonyl (C=O) groups is 1. The third-order valence-electron chi connectivity index (χ3n) is 3.06. The largest absolute Gasteiger partial charge is 0.359 e. The molecule has 100 valence electrons. The van der Waals surface area contributed by atoms with E-state index in [1.54, 1.807) is 6.07 Å². The molecule has 0 saturated heterocycles. The number of amides is 1. The smallest absolute Gasteiger partial charge is 0.287 e. The van der Waals surface area contributed by atoms with Gasteiger partial charge in [0.05, 0.1) is 6.54 Å². The van der Waals surface area contributed by atoms with Crippen LogP contribution >= 0.6 is 0 Å². The highest BCUT2D eigenvalue weighted by atomic mass is 16.5. The molecule has 0 unspecified atom stereocenters. The fourth-order valence-electron chi connectivity index (χ4n) is 2.01. The molecule has 1 heterocycles. The number of nitrogens with one attached hydrogen (secondary N) is 1. The molecule has 3 N–H and O–H groups in total. The minimum Gasteiger partial charge on any atom is -0.359 e. The van der Waals surface area contributed by atoms with Gasteiger partial charge in [-0.05, 0) is 31.7 Å². The highest BCUT2D eigenvalue weighted by molar-refractivity contribution is 5.91. The zero-order chi connectivity index (χ0) is 13.0. The normalized spacial score (nSPS) is 15.1.